The van der Waals surface area contributed by atoms with Gasteiger partial charge in [-0.05, 0) is 42.5 Å². The van der Waals surface area contributed by atoms with Crippen LogP contribution in [0, 0.1) is 5.82 Å². The summed E-state index contributed by atoms with van der Waals surface area (Å²) in [6, 6.07) is 8.68. The van der Waals surface area contributed by atoms with E-state index in [1.54, 1.807) is 22.9 Å². The molecule has 0 aliphatic rings. The first kappa shape index (κ1) is 24.0. The molecule has 0 unspecified atom stereocenters. The van der Waals surface area contributed by atoms with Gasteiger partial charge in [0, 0.05) is 6.20 Å². The fraction of sp³-hybridized carbons (Fsp3) is 0.143. The highest BCUT2D eigenvalue weighted by Crippen LogP contribution is 2.37. The Morgan fingerprint density at radius 2 is 1.64 bits per heavy atom. The Labute approximate surface area is 186 Å². The van der Waals surface area contributed by atoms with Crippen molar-refractivity contribution in [2.75, 3.05) is 14.2 Å². The fourth-order valence-electron chi connectivity index (χ4n) is 2.98. The minimum absolute atomic E-state index is 0.110. The zero-order valence-corrected chi connectivity index (χ0v) is 17.9. The van der Waals surface area contributed by atoms with Crippen LogP contribution >= 0.6 is 0 Å². The highest BCUT2D eigenvalue weighted by Gasteiger charge is 2.36. The van der Waals surface area contributed by atoms with Gasteiger partial charge in [-0.2, -0.15) is 13.2 Å². The van der Waals surface area contributed by atoms with Crippen molar-refractivity contribution >= 4 is 15.9 Å². The molecular formula is C21H16F4N2O5S. The summed E-state index contributed by atoms with van der Waals surface area (Å²) in [5.74, 6) is -1.99. The van der Waals surface area contributed by atoms with Gasteiger partial charge in [-0.15, -0.1) is 0 Å². The van der Waals surface area contributed by atoms with E-state index in [0.717, 1.165) is 12.3 Å². The first-order chi connectivity index (χ1) is 15.5. The number of carbonyl (C=O) groups excluding carboxylic acids is 1. The lowest BCUT2D eigenvalue weighted by atomic mass is 10.1. The van der Waals surface area contributed by atoms with Crippen LogP contribution in [-0.4, -0.2) is 33.5 Å². The largest absolute Gasteiger partial charge is 0.496 e. The summed E-state index contributed by atoms with van der Waals surface area (Å²) >= 11 is 0. The lowest BCUT2D eigenvalue weighted by molar-refractivity contribution is -0.138. The van der Waals surface area contributed by atoms with Crippen LogP contribution in [-0.2, 0) is 16.2 Å². The van der Waals surface area contributed by atoms with E-state index < -0.39 is 43.9 Å². The SMILES string of the molecule is COc1cccc(OC)c1-c1ccc(S(=O)(=O)NC(=O)c2ccc(F)cc2C(F)(F)F)cn1. The Bertz CT molecular complexity index is 1270. The number of hydrogen-bond donors (Lipinski definition) is 1. The van der Waals surface area contributed by atoms with Gasteiger partial charge in [-0.3, -0.25) is 9.78 Å². The van der Waals surface area contributed by atoms with Crippen molar-refractivity contribution < 1.29 is 40.2 Å². The lowest BCUT2D eigenvalue weighted by Gasteiger charge is -2.14. The van der Waals surface area contributed by atoms with Gasteiger partial charge >= 0.3 is 6.18 Å². The van der Waals surface area contributed by atoms with E-state index in [0.29, 0.717) is 29.2 Å². The van der Waals surface area contributed by atoms with Crippen LogP contribution in [0.5, 0.6) is 11.5 Å². The maximum atomic E-state index is 13.3. The van der Waals surface area contributed by atoms with Gasteiger partial charge in [0.25, 0.3) is 15.9 Å². The molecule has 1 amide bonds. The second-order valence-corrected chi connectivity index (χ2v) is 8.22. The van der Waals surface area contributed by atoms with Gasteiger partial charge in [0.15, 0.2) is 0 Å². The number of hydrogen-bond acceptors (Lipinski definition) is 6. The quantitative estimate of drug-likeness (QED) is 0.531. The lowest BCUT2D eigenvalue weighted by Crippen LogP contribution is -2.32. The molecule has 33 heavy (non-hydrogen) atoms. The molecule has 0 fully saturated rings. The van der Waals surface area contributed by atoms with Gasteiger partial charge in [0.1, 0.15) is 22.2 Å². The number of ether oxygens (including phenoxy) is 2. The molecule has 174 valence electrons. The summed E-state index contributed by atoms with van der Waals surface area (Å²) in [4.78, 5) is 15.9. The van der Waals surface area contributed by atoms with Gasteiger partial charge in [-0.25, -0.2) is 17.5 Å². The molecule has 3 rings (SSSR count). The Hall–Kier alpha value is -3.67. The van der Waals surface area contributed by atoms with Crippen LogP contribution in [0.15, 0.2) is 59.6 Å². The molecular weight excluding hydrogens is 468 g/mol. The Kier molecular flexibility index (Phi) is 6.58. The first-order valence-electron chi connectivity index (χ1n) is 9.09. The van der Waals surface area contributed by atoms with E-state index >= 15 is 0 Å². The van der Waals surface area contributed by atoms with E-state index in [2.05, 4.69) is 4.98 Å². The standard InChI is InChI=1S/C21H16F4N2O5S/c1-31-17-4-3-5-18(32-2)19(17)16-9-7-13(11-26-16)33(29,30)27-20(28)14-8-6-12(22)10-15(14)21(23,24)25/h3-11H,1-2H3,(H,27,28). The molecule has 12 heteroatoms. The third-order valence-electron chi connectivity index (χ3n) is 4.49. The van der Waals surface area contributed by atoms with Crippen LogP contribution < -0.4 is 14.2 Å². The topological polar surface area (TPSA) is 94.6 Å². The van der Waals surface area contributed by atoms with Crippen molar-refractivity contribution in [1.29, 1.82) is 0 Å². The van der Waals surface area contributed by atoms with Gasteiger partial charge < -0.3 is 9.47 Å². The van der Waals surface area contributed by atoms with Gasteiger partial charge in [0.2, 0.25) is 0 Å². The van der Waals surface area contributed by atoms with Crippen molar-refractivity contribution in [3.8, 4) is 22.8 Å². The molecule has 1 aromatic heterocycles. The highest BCUT2D eigenvalue weighted by atomic mass is 32.2. The van der Waals surface area contributed by atoms with Crippen molar-refractivity contribution in [1.82, 2.24) is 9.71 Å². The van der Waals surface area contributed by atoms with Crippen LogP contribution in [0.2, 0.25) is 0 Å². The number of rotatable bonds is 6. The number of carbonyl (C=O) groups is 1. The number of alkyl halides is 3. The summed E-state index contributed by atoms with van der Waals surface area (Å²) in [6.45, 7) is 0. The van der Waals surface area contributed by atoms with Crippen molar-refractivity contribution in [3.63, 3.8) is 0 Å². The van der Waals surface area contributed by atoms with Crippen LogP contribution in [0.4, 0.5) is 17.6 Å². The molecule has 2 aromatic carbocycles. The van der Waals surface area contributed by atoms with Crippen LogP contribution in [0.3, 0.4) is 0 Å². The maximum absolute atomic E-state index is 13.3. The Morgan fingerprint density at radius 3 is 2.15 bits per heavy atom. The van der Waals surface area contributed by atoms with Crippen LogP contribution in [0.1, 0.15) is 15.9 Å². The maximum Gasteiger partial charge on any atom is 0.417 e. The van der Waals surface area contributed by atoms with Gasteiger partial charge in [0.05, 0.1) is 36.6 Å². The van der Waals surface area contributed by atoms with E-state index in [4.69, 9.17) is 9.47 Å². The minimum atomic E-state index is -5.07. The molecule has 0 saturated heterocycles. The molecule has 7 nitrogen and oxygen atoms in total. The summed E-state index contributed by atoms with van der Waals surface area (Å²) in [6.07, 6.45) is -4.15. The normalized spacial score (nSPS) is 11.7. The van der Waals surface area contributed by atoms with E-state index in [9.17, 15) is 30.8 Å². The zero-order valence-electron chi connectivity index (χ0n) is 17.1. The number of nitrogens with zero attached hydrogens (tertiary/aromatic N) is 1. The second-order valence-electron chi connectivity index (χ2n) is 6.54. The molecule has 0 aliphatic carbocycles. The van der Waals surface area contributed by atoms with E-state index in [-0.39, 0.29) is 11.8 Å². The number of sulfonamides is 1. The predicted molar refractivity (Wildman–Crippen MR) is 109 cm³/mol. The minimum Gasteiger partial charge on any atom is -0.496 e. The van der Waals surface area contributed by atoms with E-state index in [1.165, 1.54) is 20.3 Å². The number of nitrogens with one attached hydrogen (secondary N) is 1. The number of aromatic nitrogens is 1. The first-order valence-corrected chi connectivity index (χ1v) is 10.6. The second kappa shape index (κ2) is 9.06. The van der Waals surface area contributed by atoms with Crippen molar-refractivity contribution in [3.05, 3.63) is 71.7 Å². The Morgan fingerprint density at radius 1 is 1.00 bits per heavy atom. The summed E-state index contributed by atoms with van der Waals surface area (Å²) in [5.41, 5.74) is -1.92. The molecule has 0 spiro atoms. The molecule has 1 N–H and O–H groups in total. The smallest absolute Gasteiger partial charge is 0.417 e. The number of methoxy groups -OCH3 is 2. The molecule has 0 saturated carbocycles. The predicted octanol–water partition coefficient (Wildman–Crippen LogP) is 4.04. The third kappa shape index (κ3) is 5.06. The number of pyridine rings is 1. The average molecular weight is 484 g/mol. The van der Waals surface area contributed by atoms with Gasteiger partial charge in [-0.1, -0.05) is 6.07 Å². The molecule has 3 aromatic rings. The van der Waals surface area contributed by atoms with E-state index in [1.807, 2.05) is 0 Å². The summed E-state index contributed by atoms with van der Waals surface area (Å²) in [5, 5.41) is 0. The monoisotopic (exact) mass is 484 g/mol. The average Bonchev–Trinajstić information content (AvgIpc) is 2.77. The van der Waals surface area contributed by atoms with Crippen molar-refractivity contribution in [2.45, 2.75) is 11.1 Å². The van der Waals surface area contributed by atoms with Crippen molar-refractivity contribution in [2.24, 2.45) is 0 Å². The highest BCUT2D eigenvalue weighted by molar-refractivity contribution is 7.90. The Balaban J connectivity index is 1.93. The van der Waals surface area contributed by atoms with Crippen LogP contribution in [0.25, 0.3) is 11.3 Å². The number of halogens is 4. The molecule has 0 radical (unpaired) electrons. The molecule has 1 heterocycles. The third-order valence-corrected chi connectivity index (χ3v) is 5.81. The number of benzene rings is 2. The fourth-order valence-corrected chi connectivity index (χ4v) is 3.89. The zero-order chi connectivity index (χ0) is 24.4. The molecule has 0 bridgehead atoms. The number of amides is 1. The summed E-state index contributed by atoms with van der Waals surface area (Å²) < 4.78 is 89.9. The summed E-state index contributed by atoms with van der Waals surface area (Å²) in [7, 11) is -1.74. The molecule has 0 atom stereocenters. The molecule has 0 aliphatic heterocycles.